The van der Waals surface area contributed by atoms with Crippen LogP contribution in [0.25, 0.3) is 0 Å². The van der Waals surface area contributed by atoms with Crippen molar-refractivity contribution in [3.63, 3.8) is 0 Å². The maximum atomic E-state index is 14.2. The zero-order chi connectivity index (χ0) is 31.9. The number of urea groups is 1. The first kappa shape index (κ1) is 30.6. The molecule has 230 valence electrons. The van der Waals surface area contributed by atoms with E-state index in [9.17, 15) is 22.8 Å². The van der Waals surface area contributed by atoms with Crippen molar-refractivity contribution in [2.24, 2.45) is 0 Å². The van der Waals surface area contributed by atoms with Crippen LogP contribution in [0.15, 0.2) is 102 Å². The van der Waals surface area contributed by atoms with E-state index in [-0.39, 0.29) is 23.1 Å². The topological polar surface area (TPSA) is 70.7 Å². The fourth-order valence-corrected chi connectivity index (χ4v) is 6.15. The van der Waals surface area contributed by atoms with E-state index in [1.165, 1.54) is 29.2 Å². The Morgan fingerprint density at radius 2 is 1.60 bits per heavy atom. The van der Waals surface area contributed by atoms with Crippen molar-refractivity contribution in [3.8, 4) is 5.75 Å². The number of Topliss-reactive ketones (excluding diaryl/α,β-unsaturated/α-hetero) is 1. The average Bonchev–Trinajstić information content (AvgIpc) is 3.17. The third-order valence-corrected chi connectivity index (χ3v) is 8.76. The molecule has 0 radical (unpaired) electrons. The molecule has 1 aliphatic carbocycles. The lowest BCUT2D eigenvalue weighted by Gasteiger charge is -2.35. The second-order valence-electron chi connectivity index (χ2n) is 10.8. The lowest BCUT2D eigenvalue weighted by Crippen LogP contribution is -2.41. The van der Waals surface area contributed by atoms with E-state index in [1.54, 1.807) is 37.4 Å². The number of anilines is 3. The van der Waals surface area contributed by atoms with Crippen molar-refractivity contribution in [1.82, 2.24) is 0 Å². The van der Waals surface area contributed by atoms with E-state index < -0.39 is 23.8 Å². The SMILES string of the molecule is COc1ccc([C@H]2CC(=O)C3=C(C2)Nc2ccccc2N(C(=O)Nc2ccc(Cl)c(Cl)c2)[C@@H]3c2ccc(C(F)(F)F)cc2)cc1. The number of fused-ring (bicyclic) bond motifs is 1. The Morgan fingerprint density at radius 1 is 0.911 bits per heavy atom. The molecule has 6 nitrogen and oxygen atoms in total. The van der Waals surface area contributed by atoms with Crippen LogP contribution in [0.2, 0.25) is 10.0 Å². The van der Waals surface area contributed by atoms with Crippen molar-refractivity contribution in [2.75, 3.05) is 22.6 Å². The lowest BCUT2D eigenvalue weighted by molar-refractivity contribution is -0.137. The molecule has 0 spiro atoms. The lowest BCUT2D eigenvalue weighted by atomic mass is 9.78. The van der Waals surface area contributed by atoms with Crippen LogP contribution >= 0.6 is 23.2 Å². The molecule has 6 rings (SSSR count). The quantitative estimate of drug-likeness (QED) is 0.230. The highest BCUT2D eigenvalue weighted by Gasteiger charge is 2.42. The standard InChI is InChI=1S/C34H26Cl2F3N3O3/c1-45-24-13-8-19(9-14-24)21-16-28-31(30(43)17-21)32(20-6-10-22(11-7-20)34(37,38)39)42(29-5-3-2-4-27(29)41-28)33(44)40-23-12-15-25(35)26(36)18-23/h2-15,18,21,32,41H,16-17H2,1H3,(H,40,44)/t21-,32-/m1/s1. The van der Waals surface area contributed by atoms with Gasteiger partial charge < -0.3 is 15.4 Å². The molecule has 0 unspecified atom stereocenters. The number of methoxy groups -OCH3 is 1. The van der Waals surface area contributed by atoms with Gasteiger partial charge in [-0.25, -0.2) is 4.79 Å². The molecule has 1 heterocycles. The number of nitrogens with one attached hydrogen (secondary N) is 2. The van der Waals surface area contributed by atoms with Gasteiger partial charge in [0.25, 0.3) is 0 Å². The molecule has 0 bridgehead atoms. The number of hydrogen-bond donors (Lipinski definition) is 2. The van der Waals surface area contributed by atoms with E-state index in [4.69, 9.17) is 27.9 Å². The van der Waals surface area contributed by atoms with Gasteiger partial charge in [0.2, 0.25) is 0 Å². The summed E-state index contributed by atoms with van der Waals surface area (Å²) in [6.07, 6.45) is -3.98. The predicted octanol–water partition coefficient (Wildman–Crippen LogP) is 9.63. The zero-order valence-electron chi connectivity index (χ0n) is 23.8. The number of ether oxygens (including phenoxy) is 1. The van der Waals surface area contributed by atoms with Crippen molar-refractivity contribution >= 4 is 52.1 Å². The van der Waals surface area contributed by atoms with Crippen molar-refractivity contribution in [1.29, 1.82) is 0 Å². The normalized spacial score (nSPS) is 18.0. The zero-order valence-corrected chi connectivity index (χ0v) is 25.3. The summed E-state index contributed by atoms with van der Waals surface area (Å²) in [6, 6.07) is 22.0. The molecule has 4 aromatic carbocycles. The largest absolute Gasteiger partial charge is 0.497 e. The number of hydrogen-bond acceptors (Lipinski definition) is 4. The van der Waals surface area contributed by atoms with Gasteiger partial charge in [0.05, 0.1) is 40.1 Å². The van der Waals surface area contributed by atoms with Crippen LogP contribution in [0.3, 0.4) is 0 Å². The van der Waals surface area contributed by atoms with E-state index in [2.05, 4.69) is 10.6 Å². The highest BCUT2D eigenvalue weighted by molar-refractivity contribution is 6.42. The van der Waals surface area contributed by atoms with Crippen LogP contribution in [0.5, 0.6) is 5.75 Å². The molecule has 4 aromatic rings. The third kappa shape index (κ3) is 6.10. The van der Waals surface area contributed by atoms with Gasteiger partial charge in [-0.1, -0.05) is 59.6 Å². The van der Waals surface area contributed by atoms with Crippen molar-refractivity contribution < 1.29 is 27.5 Å². The summed E-state index contributed by atoms with van der Waals surface area (Å²) in [5.74, 6) is 0.287. The van der Waals surface area contributed by atoms with Gasteiger partial charge in [0, 0.05) is 23.4 Å². The van der Waals surface area contributed by atoms with Gasteiger partial charge in [-0.3, -0.25) is 9.69 Å². The number of amides is 2. The fourth-order valence-electron chi connectivity index (χ4n) is 5.85. The van der Waals surface area contributed by atoms with Crippen LogP contribution < -0.4 is 20.3 Å². The van der Waals surface area contributed by atoms with Gasteiger partial charge in [-0.15, -0.1) is 0 Å². The number of alkyl halides is 3. The predicted molar refractivity (Wildman–Crippen MR) is 169 cm³/mol. The molecule has 0 aromatic heterocycles. The smallest absolute Gasteiger partial charge is 0.416 e. The molecule has 11 heteroatoms. The minimum atomic E-state index is -4.56. The van der Waals surface area contributed by atoms with Gasteiger partial charge >= 0.3 is 12.2 Å². The summed E-state index contributed by atoms with van der Waals surface area (Å²) in [7, 11) is 1.58. The van der Waals surface area contributed by atoms with Crippen molar-refractivity contribution in [2.45, 2.75) is 31.0 Å². The summed E-state index contributed by atoms with van der Waals surface area (Å²) >= 11 is 12.3. The number of para-hydroxylation sites is 2. The number of benzene rings is 4. The van der Waals surface area contributed by atoms with Crippen LogP contribution in [0.4, 0.5) is 35.0 Å². The summed E-state index contributed by atoms with van der Waals surface area (Å²) in [5.41, 5.74) is 2.68. The van der Waals surface area contributed by atoms with Crippen LogP contribution in [-0.2, 0) is 11.0 Å². The maximum Gasteiger partial charge on any atom is 0.416 e. The van der Waals surface area contributed by atoms with Gasteiger partial charge in [0.1, 0.15) is 5.75 Å². The maximum absolute atomic E-state index is 14.2. The molecular weight excluding hydrogens is 626 g/mol. The Balaban J connectivity index is 1.50. The van der Waals surface area contributed by atoms with Gasteiger partial charge in [-0.05, 0) is 78.1 Å². The molecule has 0 saturated heterocycles. The molecule has 0 saturated carbocycles. The second-order valence-corrected chi connectivity index (χ2v) is 11.6. The minimum absolute atomic E-state index is 0.141. The van der Waals surface area contributed by atoms with Crippen LogP contribution in [-0.4, -0.2) is 18.9 Å². The Labute approximate surface area is 267 Å². The summed E-state index contributed by atoms with van der Waals surface area (Å²) in [6.45, 7) is 0. The molecule has 2 aliphatic rings. The molecule has 45 heavy (non-hydrogen) atoms. The van der Waals surface area contributed by atoms with Crippen LogP contribution in [0, 0.1) is 0 Å². The number of allylic oxidation sites excluding steroid dienone is 1. The Bertz CT molecular complexity index is 1810. The first-order valence-electron chi connectivity index (χ1n) is 14.0. The highest BCUT2D eigenvalue weighted by Crippen LogP contribution is 2.48. The third-order valence-electron chi connectivity index (χ3n) is 8.02. The minimum Gasteiger partial charge on any atom is -0.497 e. The molecule has 0 fully saturated rings. The van der Waals surface area contributed by atoms with E-state index in [0.29, 0.717) is 51.1 Å². The molecular formula is C34H26Cl2F3N3O3. The molecule has 2 amide bonds. The van der Waals surface area contributed by atoms with Gasteiger partial charge in [-0.2, -0.15) is 13.2 Å². The Kier molecular flexibility index (Phi) is 8.24. The first-order valence-corrected chi connectivity index (χ1v) is 14.8. The number of carbonyl (C=O) groups excluding carboxylic acids is 2. The monoisotopic (exact) mass is 651 g/mol. The number of nitrogens with zero attached hydrogens (tertiary/aromatic N) is 1. The summed E-state index contributed by atoms with van der Waals surface area (Å²) in [5, 5.41) is 6.77. The number of halogens is 5. The molecule has 2 N–H and O–H groups in total. The number of carbonyl (C=O) groups is 2. The first-order chi connectivity index (χ1) is 21.5. The van der Waals surface area contributed by atoms with Crippen molar-refractivity contribution in [3.05, 3.63) is 129 Å². The van der Waals surface area contributed by atoms with E-state index >= 15 is 0 Å². The Morgan fingerprint density at radius 3 is 2.27 bits per heavy atom. The Hall–Kier alpha value is -4.47. The highest BCUT2D eigenvalue weighted by atomic mass is 35.5. The number of rotatable bonds is 4. The summed E-state index contributed by atoms with van der Waals surface area (Å²) in [4.78, 5) is 29.8. The molecule has 2 atom stereocenters. The molecule has 1 aliphatic heterocycles. The number of ketones is 1. The fraction of sp³-hybridized carbons (Fsp3) is 0.176. The average molecular weight is 653 g/mol. The summed E-state index contributed by atoms with van der Waals surface area (Å²) < 4.78 is 45.9. The van der Waals surface area contributed by atoms with E-state index in [0.717, 1.165) is 17.7 Å². The second kappa shape index (κ2) is 12.1. The van der Waals surface area contributed by atoms with Gasteiger partial charge in [0.15, 0.2) is 5.78 Å². The van der Waals surface area contributed by atoms with E-state index in [1.807, 2.05) is 24.3 Å². The van der Waals surface area contributed by atoms with Crippen LogP contribution in [0.1, 0.15) is 41.5 Å².